The topological polar surface area (TPSA) is 58.9 Å². The molecule has 0 aromatic carbocycles. The van der Waals surface area contributed by atoms with Crippen LogP contribution in [-0.4, -0.2) is 30.2 Å². The molecule has 2 N–H and O–H groups in total. The summed E-state index contributed by atoms with van der Waals surface area (Å²) in [5, 5.41) is 16.1. The molecule has 0 heterocycles. The zero-order valence-electron chi connectivity index (χ0n) is 4.54. The lowest BCUT2D eigenvalue weighted by Crippen LogP contribution is -1.99. The first kappa shape index (κ1) is 7.84. The molecular weight excluding hydrogens is 112 g/mol. The highest BCUT2D eigenvalue weighted by Gasteiger charge is 1.83. The Bertz CT molecular complexity index is 33.0. The van der Waals surface area contributed by atoms with Crippen LogP contribution in [0.4, 0.5) is 0 Å². The van der Waals surface area contributed by atoms with Gasteiger partial charge in [0.1, 0.15) is 0 Å². The molecule has 50 valence electrons. The summed E-state index contributed by atoms with van der Waals surface area (Å²) in [6, 6.07) is 0. The number of hydrogen-bond donors (Lipinski definition) is 2. The fraction of sp³-hybridized carbons (Fsp3) is 1.00. The quantitative estimate of drug-likeness (QED) is 0.218. The third-order valence-corrected chi connectivity index (χ3v) is 0.522. The van der Waals surface area contributed by atoms with Crippen molar-refractivity contribution in [2.24, 2.45) is 0 Å². The summed E-state index contributed by atoms with van der Waals surface area (Å²) in [5.41, 5.74) is 0. The first-order chi connectivity index (χ1) is 3.91. The molecule has 0 unspecified atom stereocenters. The number of aliphatic hydroxyl groups excluding tert-OH is 2. The summed E-state index contributed by atoms with van der Waals surface area (Å²) >= 11 is 0. The van der Waals surface area contributed by atoms with Crippen LogP contribution in [0.1, 0.15) is 6.42 Å². The van der Waals surface area contributed by atoms with E-state index in [1.807, 2.05) is 0 Å². The molecule has 4 heteroatoms. The summed E-state index contributed by atoms with van der Waals surface area (Å²) < 4.78 is 0. The summed E-state index contributed by atoms with van der Waals surface area (Å²) in [5.74, 6) is 0. The molecular formula is C4H10O4. The highest BCUT2D eigenvalue weighted by Crippen LogP contribution is 1.79. The maximum Gasteiger partial charge on any atom is 0.178 e. The molecule has 0 aliphatic carbocycles. The van der Waals surface area contributed by atoms with E-state index < -0.39 is 6.79 Å². The van der Waals surface area contributed by atoms with Gasteiger partial charge in [-0.2, -0.15) is 0 Å². The minimum atomic E-state index is -0.439. The molecule has 0 saturated heterocycles. The van der Waals surface area contributed by atoms with Gasteiger partial charge in [-0.05, 0) is 6.42 Å². The van der Waals surface area contributed by atoms with Crippen LogP contribution in [0, 0.1) is 0 Å². The third kappa shape index (κ3) is 5.84. The van der Waals surface area contributed by atoms with Gasteiger partial charge in [-0.25, -0.2) is 9.78 Å². The molecule has 8 heavy (non-hydrogen) atoms. The molecule has 0 radical (unpaired) electrons. The van der Waals surface area contributed by atoms with Crippen molar-refractivity contribution < 1.29 is 20.0 Å². The Labute approximate surface area is 47.6 Å². The van der Waals surface area contributed by atoms with Gasteiger partial charge in [-0.1, -0.05) is 0 Å². The Morgan fingerprint density at radius 2 is 1.88 bits per heavy atom. The second-order valence-electron chi connectivity index (χ2n) is 1.15. The Morgan fingerprint density at radius 3 is 2.38 bits per heavy atom. The van der Waals surface area contributed by atoms with E-state index in [1.54, 1.807) is 0 Å². The summed E-state index contributed by atoms with van der Waals surface area (Å²) in [4.78, 5) is 8.39. The first-order valence-corrected chi connectivity index (χ1v) is 2.38. The van der Waals surface area contributed by atoms with Gasteiger partial charge >= 0.3 is 0 Å². The summed E-state index contributed by atoms with van der Waals surface area (Å²) in [6.45, 7) is -0.0444. The predicted octanol–water partition coefficient (Wildman–Crippen LogP) is -0.733. The van der Waals surface area contributed by atoms with Crippen molar-refractivity contribution in [3.05, 3.63) is 0 Å². The Hall–Kier alpha value is -0.160. The number of rotatable bonds is 5. The number of aliphatic hydroxyl groups is 2. The average Bonchev–Trinajstić information content (AvgIpc) is 1.81. The van der Waals surface area contributed by atoms with Crippen molar-refractivity contribution >= 4 is 0 Å². The van der Waals surface area contributed by atoms with Crippen molar-refractivity contribution in [3.63, 3.8) is 0 Å². The van der Waals surface area contributed by atoms with Crippen LogP contribution >= 0.6 is 0 Å². The van der Waals surface area contributed by atoms with Gasteiger partial charge in [0.15, 0.2) is 6.79 Å². The minimum Gasteiger partial charge on any atom is -0.396 e. The zero-order valence-corrected chi connectivity index (χ0v) is 4.54. The van der Waals surface area contributed by atoms with Gasteiger partial charge in [-0.3, -0.25) is 0 Å². The molecule has 0 fully saturated rings. The molecule has 0 aromatic heterocycles. The summed E-state index contributed by atoms with van der Waals surface area (Å²) in [7, 11) is 0. The molecule has 0 rings (SSSR count). The smallest absolute Gasteiger partial charge is 0.178 e. The molecule has 0 aliphatic rings. The second-order valence-corrected chi connectivity index (χ2v) is 1.15. The van der Waals surface area contributed by atoms with Gasteiger partial charge < -0.3 is 10.2 Å². The van der Waals surface area contributed by atoms with Crippen LogP contribution in [0.15, 0.2) is 0 Å². The van der Waals surface area contributed by atoms with E-state index in [0.29, 0.717) is 13.0 Å². The van der Waals surface area contributed by atoms with Crippen molar-refractivity contribution in [2.45, 2.75) is 6.42 Å². The highest BCUT2D eigenvalue weighted by molar-refractivity contribution is 4.24. The Morgan fingerprint density at radius 1 is 1.12 bits per heavy atom. The van der Waals surface area contributed by atoms with Gasteiger partial charge in [0, 0.05) is 6.61 Å². The van der Waals surface area contributed by atoms with Crippen LogP contribution in [0.25, 0.3) is 0 Å². The minimum absolute atomic E-state index is 0.0782. The van der Waals surface area contributed by atoms with Crippen LogP contribution in [0.5, 0.6) is 0 Å². The van der Waals surface area contributed by atoms with Crippen molar-refractivity contribution in [1.82, 2.24) is 0 Å². The van der Waals surface area contributed by atoms with Gasteiger partial charge in [0.2, 0.25) is 0 Å². The molecule has 0 aromatic rings. The fourth-order valence-electron chi connectivity index (χ4n) is 0.220. The fourth-order valence-corrected chi connectivity index (χ4v) is 0.220. The molecule has 0 spiro atoms. The van der Waals surface area contributed by atoms with Crippen LogP contribution in [0.2, 0.25) is 0 Å². The van der Waals surface area contributed by atoms with Gasteiger partial charge in [-0.15, -0.1) is 0 Å². The Kier molecular flexibility index (Phi) is 6.70. The van der Waals surface area contributed by atoms with Crippen molar-refractivity contribution in [1.29, 1.82) is 0 Å². The van der Waals surface area contributed by atoms with E-state index >= 15 is 0 Å². The van der Waals surface area contributed by atoms with Crippen LogP contribution in [0.3, 0.4) is 0 Å². The van der Waals surface area contributed by atoms with Crippen LogP contribution in [-0.2, 0) is 9.78 Å². The third-order valence-electron chi connectivity index (χ3n) is 0.522. The van der Waals surface area contributed by atoms with Crippen molar-refractivity contribution in [2.75, 3.05) is 20.0 Å². The normalized spacial score (nSPS) is 9.75. The monoisotopic (exact) mass is 122 g/mol. The van der Waals surface area contributed by atoms with E-state index in [9.17, 15) is 0 Å². The SMILES string of the molecule is OCCCOOCO. The average molecular weight is 122 g/mol. The lowest BCUT2D eigenvalue weighted by molar-refractivity contribution is -0.329. The second kappa shape index (κ2) is 6.84. The molecule has 4 nitrogen and oxygen atoms in total. The number of hydrogen-bond acceptors (Lipinski definition) is 4. The molecule has 0 amide bonds. The van der Waals surface area contributed by atoms with Crippen molar-refractivity contribution in [3.8, 4) is 0 Å². The first-order valence-electron chi connectivity index (χ1n) is 2.38. The zero-order chi connectivity index (χ0) is 6.24. The van der Waals surface area contributed by atoms with E-state index in [0.717, 1.165) is 0 Å². The van der Waals surface area contributed by atoms with E-state index in [2.05, 4.69) is 9.78 Å². The lowest BCUT2D eigenvalue weighted by atomic mass is 10.5. The largest absolute Gasteiger partial charge is 0.396 e. The van der Waals surface area contributed by atoms with Gasteiger partial charge in [0.25, 0.3) is 0 Å². The molecule has 0 aliphatic heterocycles. The van der Waals surface area contributed by atoms with Crippen LogP contribution < -0.4 is 0 Å². The maximum absolute atomic E-state index is 8.17. The van der Waals surface area contributed by atoms with Gasteiger partial charge in [0.05, 0.1) is 6.61 Å². The highest BCUT2D eigenvalue weighted by atomic mass is 17.2. The van der Waals surface area contributed by atoms with E-state index in [1.165, 1.54) is 0 Å². The maximum atomic E-state index is 8.17. The van der Waals surface area contributed by atoms with E-state index in [4.69, 9.17) is 10.2 Å². The molecule has 0 bridgehead atoms. The lowest BCUT2D eigenvalue weighted by Gasteiger charge is -1.96. The predicted molar refractivity (Wildman–Crippen MR) is 25.8 cm³/mol. The Balaban J connectivity index is 2.53. The molecule has 0 atom stereocenters. The standard InChI is InChI=1S/C4H10O4/c5-2-1-3-7-8-4-6/h5-6H,1-4H2. The molecule has 0 saturated carbocycles. The summed E-state index contributed by atoms with van der Waals surface area (Å²) in [6.07, 6.45) is 0.528. The van der Waals surface area contributed by atoms with E-state index in [-0.39, 0.29) is 6.61 Å².